The highest BCUT2D eigenvalue weighted by Gasteiger charge is 2.31. The minimum absolute atomic E-state index is 0.108. The smallest absolute Gasteiger partial charge is 0.316 e. The van der Waals surface area contributed by atoms with E-state index in [1.54, 1.807) is 12.1 Å². The van der Waals surface area contributed by atoms with Crippen molar-refractivity contribution in [2.75, 3.05) is 42.8 Å². The lowest BCUT2D eigenvalue weighted by molar-refractivity contribution is 0.0983. The Morgan fingerprint density at radius 1 is 1.23 bits per heavy atom. The first-order valence-corrected chi connectivity index (χ1v) is 11.9. The Morgan fingerprint density at radius 2 is 1.97 bits per heavy atom. The van der Waals surface area contributed by atoms with Crippen LogP contribution in [0, 0.1) is 0 Å². The summed E-state index contributed by atoms with van der Waals surface area (Å²) in [6, 6.07) is 6.61. The Hall–Kier alpha value is -2.76. The summed E-state index contributed by atoms with van der Waals surface area (Å²) in [7, 11) is -3.32. The van der Waals surface area contributed by atoms with Gasteiger partial charge in [0.25, 0.3) is 0 Å². The largest absolute Gasteiger partial charge is 0.377 e. The summed E-state index contributed by atoms with van der Waals surface area (Å²) < 4.78 is 31.4. The summed E-state index contributed by atoms with van der Waals surface area (Å²) in [5.74, 6) is 1.31. The fraction of sp³-hybridized carbons (Fsp3) is 0.450. The van der Waals surface area contributed by atoms with Crippen molar-refractivity contribution < 1.29 is 17.9 Å². The number of fused-ring (bicyclic) bond motifs is 1. The maximum atomic E-state index is 12.2. The summed E-state index contributed by atoms with van der Waals surface area (Å²) >= 11 is 0. The van der Waals surface area contributed by atoms with Crippen LogP contribution in [0.15, 0.2) is 24.3 Å². The number of primary amides is 1. The molecule has 11 heteroatoms. The Bertz CT molecular complexity index is 1090. The van der Waals surface area contributed by atoms with E-state index in [0.29, 0.717) is 44.2 Å². The normalized spacial score (nSPS) is 19.7. The number of nitrogens with zero attached hydrogens (tertiary/aromatic N) is 4. The number of nitrogens with one attached hydrogen (secondary N) is 1. The summed E-state index contributed by atoms with van der Waals surface area (Å²) in [5, 5.41) is 2.53. The third-order valence-electron chi connectivity index (χ3n) is 5.52. The van der Waals surface area contributed by atoms with E-state index in [4.69, 9.17) is 20.4 Å². The Balaban J connectivity index is 1.76. The Labute approximate surface area is 181 Å². The molecule has 0 radical (unpaired) electrons. The maximum Gasteiger partial charge on any atom is 0.316 e. The molecule has 0 spiro atoms. The van der Waals surface area contributed by atoms with Crippen molar-refractivity contribution in [3.63, 3.8) is 0 Å². The van der Waals surface area contributed by atoms with Crippen LogP contribution in [0.4, 0.5) is 16.3 Å². The number of hydrogen-bond donors (Lipinski definition) is 2. The second kappa shape index (κ2) is 8.40. The van der Waals surface area contributed by atoms with Crippen LogP contribution in [0.2, 0.25) is 0 Å². The molecular weight excluding hydrogens is 420 g/mol. The van der Waals surface area contributed by atoms with Crippen LogP contribution >= 0.6 is 0 Å². The molecule has 0 saturated carbocycles. The zero-order valence-electron chi connectivity index (χ0n) is 17.5. The number of carbonyl (C=O) groups is 1. The topological polar surface area (TPSA) is 131 Å². The van der Waals surface area contributed by atoms with Crippen molar-refractivity contribution >= 4 is 27.6 Å². The van der Waals surface area contributed by atoms with Crippen LogP contribution < -0.4 is 16.0 Å². The lowest BCUT2D eigenvalue weighted by Gasteiger charge is -2.37. The zero-order chi connectivity index (χ0) is 22.2. The number of carbonyl (C=O) groups excluding carboxylic acids is 1. The molecule has 0 aliphatic carbocycles. The van der Waals surface area contributed by atoms with Crippen LogP contribution in [-0.2, 0) is 27.7 Å². The number of nitrogens with two attached hydrogens (primary N) is 1. The van der Waals surface area contributed by atoms with Gasteiger partial charge in [-0.1, -0.05) is 0 Å². The number of amides is 2. The number of anilines is 2. The van der Waals surface area contributed by atoms with Crippen molar-refractivity contribution in [1.29, 1.82) is 0 Å². The second-order valence-corrected chi connectivity index (χ2v) is 9.81. The third kappa shape index (κ3) is 4.63. The fourth-order valence-corrected chi connectivity index (χ4v) is 4.69. The average molecular weight is 447 g/mol. The third-order valence-corrected chi connectivity index (χ3v) is 6.77. The van der Waals surface area contributed by atoms with Crippen LogP contribution in [0.5, 0.6) is 0 Å². The monoisotopic (exact) mass is 446 g/mol. The first-order chi connectivity index (χ1) is 14.7. The molecule has 1 saturated heterocycles. The molecular formula is C20H26N6O4S. The molecule has 10 nitrogen and oxygen atoms in total. The van der Waals surface area contributed by atoms with Gasteiger partial charge in [-0.3, -0.25) is 0 Å². The molecule has 0 unspecified atom stereocenters. The van der Waals surface area contributed by atoms with Crippen LogP contribution in [0.1, 0.15) is 18.2 Å². The van der Waals surface area contributed by atoms with Gasteiger partial charge in [-0.25, -0.2) is 23.2 Å². The van der Waals surface area contributed by atoms with E-state index in [2.05, 4.69) is 17.1 Å². The first kappa shape index (κ1) is 21.5. The highest BCUT2D eigenvalue weighted by Crippen LogP contribution is 2.32. The molecule has 1 atom stereocenters. The minimum atomic E-state index is -3.32. The minimum Gasteiger partial charge on any atom is -0.377 e. The van der Waals surface area contributed by atoms with E-state index < -0.39 is 16.1 Å². The lowest BCUT2D eigenvalue weighted by Crippen LogP contribution is -2.46. The number of ether oxygens (including phenoxy) is 1. The van der Waals surface area contributed by atoms with E-state index in [1.165, 1.54) is 10.6 Å². The van der Waals surface area contributed by atoms with Gasteiger partial charge in [0.15, 0.2) is 5.82 Å². The second-order valence-electron chi connectivity index (χ2n) is 7.83. The number of rotatable bonds is 4. The molecule has 3 N–H and O–H groups in total. The average Bonchev–Trinajstić information content (AvgIpc) is 2.72. The van der Waals surface area contributed by atoms with E-state index >= 15 is 0 Å². The van der Waals surface area contributed by atoms with Crippen molar-refractivity contribution in [1.82, 2.24) is 14.3 Å². The number of hydrogen-bond acceptors (Lipinski definition) is 7. The first-order valence-electron chi connectivity index (χ1n) is 10.1. The number of sulfonamides is 1. The Morgan fingerprint density at radius 3 is 2.61 bits per heavy atom. The van der Waals surface area contributed by atoms with Gasteiger partial charge in [0.1, 0.15) is 5.82 Å². The summed E-state index contributed by atoms with van der Waals surface area (Å²) in [6.07, 6.45) is 1.75. The predicted molar refractivity (Wildman–Crippen MR) is 117 cm³/mol. The molecule has 1 aromatic heterocycles. The van der Waals surface area contributed by atoms with Crippen molar-refractivity contribution in [2.24, 2.45) is 5.73 Å². The lowest BCUT2D eigenvalue weighted by atomic mass is 10.1. The van der Waals surface area contributed by atoms with Gasteiger partial charge in [-0.05, 0) is 31.2 Å². The molecule has 2 aromatic rings. The van der Waals surface area contributed by atoms with Crippen LogP contribution in [0.25, 0.3) is 11.4 Å². The van der Waals surface area contributed by atoms with Gasteiger partial charge in [-0.15, -0.1) is 0 Å². The van der Waals surface area contributed by atoms with Crippen molar-refractivity contribution in [3.8, 4) is 11.4 Å². The van der Waals surface area contributed by atoms with Crippen molar-refractivity contribution in [3.05, 3.63) is 35.5 Å². The molecule has 4 rings (SSSR count). The molecule has 2 aliphatic heterocycles. The number of aromatic nitrogens is 2. The molecule has 31 heavy (non-hydrogen) atoms. The van der Waals surface area contributed by atoms with E-state index in [-0.39, 0.29) is 12.6 Å². The van der Waals surface area contributed by atoms with Gasteiger partial charge in [0, 0.05) is 42.9 Å². The zero-order valence-corrected chi connectivity index (χ0v) is 18.4. The summed E-state index contributed by atoms with van der Waals surface area (Å²) in [4.78, 5) is 22.9. The molecule has 166 valence electrons. The molecule has 1 aromatic carbocycles. The molecule has 2 amide bonds. The summed E-state index contributed by atoms with van der Waals surface area (Å²) in [6.45, 7) is 4.55. The number of morpholine rings is 1. The quantitative estimate of drug-likeness (QED) is 0.721. The van der Waals surface area contributed by atoms with E-state index in [0.717, 1.165) is 22.6 Å². The molecule has 0 bridgehead atoms. The van der Waals surface area contributed by atoms with Gasteiger partial charge >= 0.3 is 6.03 Å². The molecule has 3 heterocycles. The molecule has 2 aliphatic rings. The maximum absolute atomic E-state index is 12.2. The number of urea groups is 1. The fourth-order valence-electron chi connectivity index (χ4n) is 3.91. The SMILES string of the molecule is C[C@H]1COCCN1c1nc(-c2ccc(NC(N)=O)cc2)nc2c1CN(S(C)(=O)=O)CC2. The standard InChI is InChI=1S/C20H26N6O4S/c1-13-12-30-10-9-26(13)19-16-11-25(31(2,28)29)8-7-17(16)23-18(24-19)14-3-5-15(6-4-14)22-20(21)27/h3-6,13H,7-12H2,1-2H3,(H3,21,22,27)/t13-/m0/s1. The van der Waals surface area contributed by atoms with Gasteiger partial charge in [-0.2, -0.15) is 4.31 Å². The van der Waals surface area contributed by atoms with Gasteiger partial charge in [0.2, 0.25) is 10.0 Å². The summed E-state index contributed by atoms with van der Waals surface area (Å²) in [5.41, 5.74) is 8.26. The highest BCUT2D eigenvalue weighted by molar-refractivity contribution is 7.88. The number of benzene rings is 1. The van der Waals surface area contributed by atoms with E-state index in [1.807, 2.05) is 12.1 Å². The highest BCUT2D eigenvalue weighted by atomic mass is 32.2. The predicted octanol–water partition coefficient (Wildman–Crippen LogP) is 1.18. The van der Waals surface area contributed by atoms with Gasteiger partial charge < -0.3 is 20.7 Å². The van der Waals surface area contributed by atoms with Crippen LogP contribution in [-0.4, -0.2) is 67.3 Å². The molecule has 1 fully saturated rings. The van der Waals surface area contributed by atoms with Crippen LogP contribution in [0.3, 0.4) is 0 Å². The van der Waals surface area contributed by atoms with Gasteiger partial charge in [0.05, 0.1) is 31.2 Å². The Kier molecular flexibility index (Phi) is 5.82. The van der Waals surface area contributed by atoms with Crippen molar-refractivity contribution in [2.45, 2.75) is 25.9 Å². The van der Waals surface area contributed by atoms with E-state index in [9.17, 15) is 13.2 Å².